The molecule has 2 heterocycles. The summed E-state index contributed by atoms with van der Waals surface area (Å²) in [7, 11) is 0. The van der Waals surface area contributed by atoms with Crippen LogP contribution >= 0.6 is 0 Å². The van der Waals surface area contributed by atoms with Crippen molar-refractivity contribution in [2.75, 3.05) is 26.4 Å². The molecule has 2 atom stereocenters. The quantitative estimate of drug-likeness (QED) is 0.283. The van der Waals surface area contributed by atoms with Gasteiger partial charge in [0.15, 0.2) is 5.79 Å². The standard InChI is InChI=1S/C33H40O5/c1-31(2,25-11-15-27(16-12-25)34-19-29-20-36-29)23-7-9-24(10-8-23)32(3,4)26-13-17-28(18-14-26)35-21-30-22-37-33(5,6)38-30/h7-18,29-30H,19-22H2,1-6H3. The zero-order chi connectivity index (χ0) is 27.0. The molecule has 2 saturated heterocycles. The molecule has 38 heavy (non-hydrogen) atoms. The maximum atomic E-state index is 5.97. The van der Waals surface area contributed by atoms with Gasteiger partial charge >= 0.3 is 0 Å². The molecule has 0 N–H and O–H groups in total. The Morgan fingerprint density at radius 2 is 1.00 bits per heavy atom. The van der Waals surface area contributed by atoms with Crippen molar-refractivity contribution in [3.63, 3.8) is 0 Å². The molecule has 5 rings (SSSR count). The molecule has 2 fully saturated rings. The summed E-state index contributed by atoms with van der Waals surface area (Å²) in [5.41, 5.74) is 4.79. The van der Waals surface area contributed by atoms with Crippen LogP contribution in [0.2, 0.25) is 0 Å². The smallest absolute Gasteiger partial charge is 0.163 e. The van der Waals surface area contributed by atoms with Crippen molar-refractivity contribution in [1.82, 2.24) is 0 Å². The largest absolute Gasteiger partial charge is 0.491 e. The normalized spacial score (nSPS) is 20.8. The van der Waals surface area contributed by atoms with Crippen molar-refractivity contribution in [2.45, 2.75) is 70.4 Å². The highest BCUT2D eigenvalue weighted by atomic mass is 16.7. The van der Waals surface area contributed by atoms with Gasteiger partial charge in [0.25, 0.3) is 0 Å². The number of rotatable bonds is 10. The number of hydrogen-bond donors (Lipinski definition) is 0. The van der Waals surface area contributed by atoms with Crippen molar-refractivity contribution in [2.24, 2.45) is 0 Å². The summed E-state index contributed by atoms with van der Waals surface area (Å²) in [5.74, 6) is 1.20. The van der Waals surface area contributed by atoms with Gasteiger partial charge in [-0.25, -0.2) is 0 Å². The molecule has 2 aliphatic heterocycles. The molecule has 0 radical (unpaired) electrons. The lowest BCUT2D eigenvalue weighted by atomic mass is 9.74. The topological polar surface area (TPSA) is 49.5 Å². The van der Waals surface area contributed by atoms with Gasteiger partial charge in [-0.2, -0.15) is 0 Å². The zero-order valence-corrected chi connectivity index (χ0v) is 23.5. The highest BCUT2D eigenvalue weighted by Gasteiger charge is 2.33. The molecule has 3 aromatic carbocycles. The van der Waals surface area contributed by atoms with E-state index in [-0.39, 0.29) is 23.0 Å². The van der Waals surface area contributed by atoms with Crippen LogP contribution in [0.4, 0.5) is 0 Å². The Bertz CT molecular complexity index is 1210. The minimum absolute atomic E-state index is 0.0439. The number of hydrogen-bond acceptors (Lipinski definition) is 5. The number of benzene rings is 3. The van der Waals surface area contributed by atoms with E-state index in [4.69, 9.17) is 23.7 Å². The Morgan fingerprint density at radius 1 is 0.632 bits per heavy atom. The second-order valence-electron chi connectivity index (χ2n) is 11.9. The van der Waals surface area contributed by atoms with E-state index in [2.05, 4.69) is 88.4 Å². The van der Waals surface area contributed by atoms with E-state index >= 15 is 0 Å². The van der Waals surface area contributed by atoms with Crippen molar-refractivity contribution in [1.29, 1.82) is 0 Å². The van der Waals surface area contributed by atoms with Gasteiger partial charge in [0.1, 0.15) is 36.9 Å². The third-order valence-electron chi connectivity index (χ3n) is 7.82. The molecular formula is C33H40O5. The molecule has 0 saturated carbocycles. The third-order valence-corrected chi connectivity index (χ3v) is 7.82. The molecule has 0 bridgehead atoms. The minimum atomic E-state index is -0.530. The van der Waals surface area contributed by atoms with E-state index in [9.17, 15) is 0 Å². The van der Waals surface area contributed by atoms with E-state index in [1.807, 2.05) is 26.0 Å². The van der Waals surface area contributed by atoms with Crippen molar-refractivity contribution >= 4 is 0 Å². The van der Waals surface area contributed by atoms with E-state index in [0.717, 1.165) is 18.1 Å². The Kier molecular flexibility index (Phi) is 7.29. The summed E-state index contributed by atoms with van der Waals surface area (Å²) in [6.45, 7) is 15.4. The van der Waals surface area contributed by atoms with Gasteiger partial charge in [-0.3, -0.25) is 0 Å². The monoisotopic (exact) mass is 516 g/mol. The van der Waals surface area contributed by atoms with Gasteiger partial charge in [-0.05, 0) is 60.4 Å². The van der Waals surface area contributed by atoms with Gasteiger partial charge in [0.05, 0.1) is 13.2 Å². The van der Waals surface area contributed by atoms with Gasteiger partial charge in [0.2, 0.25) is 0 Å². The van der Waals surface area contributed by atoms with Gasteiger partial charge in [-0.15, -0.1) is 0 Å². The summed E-state index contributed by atoms with van der Waals surface area (Å²) in [6, 6.07) is 25.9. The van der Waals surface area contributed by atoms with Gasteiger partial charge < -0.3 is 23.7 Å². The first-order valence-electron chi connectivity index (χ1n) is 13.5. The first kappa shape index (κ1) is 26.7. The Balaban J connectivity index is 1.22. The molecule has 3 aromatic rings. The Hall–Kier alpha value is -2.86. The molecule has 5 nitrogen and oxygen atoms in total. The van der Waals surface area contributed by atoms with Crippen LogP contribution in [-0.2, 0) is 25.0 Å². The van der Waals surface area contributed by atoms with Crippen LogP contribution < -0.4 is 9.47 Å². The minimum Gasteiger partial charge on any atom is -0.491 e. The van der Waals surface area contributed by atoms with Crippen LogP contribution in [0.5, 0.6) is 11.5 Å². The van der Waals surface area contributed by atoms with Crippen LogP contribution in [0.15, 0.2) is 72.8 Å². The highest BCUT2D eigenvalue weighted by Crippen LogP contribution is 2.36. The Morgan fingerprint density at radius 3 is 1.34 bits per heavy atom. The summed E-state index contributed by atoms with van der Waals surface area (Å²) in [4.78, 5) is 0. The fourth-order valence-corrected chi connectivity index (χ4v) is 4.96. The zero-order valence-electron chi connectivity index (χ0n) is 23.5. The lowest BCUT2D eigenvalue weighted by Crippen LogP contribution is -2.25. The molecular weight excluding hydrogens is 476 g/mol. The second-order valence-corrected chi connectivity index (χ2v) is 11.9. The molecule has 2 unspecified atom stereocenters. The summed E-state index contributed by atoms with van der Waals surface area (Å²) in [6.07, 6.45) is 0.220. The average molecular weight is 517 g/mol. The van der Waals surface area contributed by atoms with E-state index < -0.39 is 5.79 Å². The second kappa shape index (κ2) is 10.4. The molecule has 0 aliphatic carbocycles. The number of ether oxygens (including phenoxy) is 5. The molecule has 0 spiro atoms. The molecule has 5 heteroatoms. The fourth-order valence-electron chi connectivity index (χ4n) is 4.96. The van der Waals surface area contributed by atoms with Crippen molar-refractivity contribution < 1.29 is 23.7 Å². The Labute approximate surface area is 227 Å². The predicted molar refractivity (Wildman–Crippen MR) is 149 cm³/mol. The van der Waals surface area contributed by atoms with Crippen LogP contribution in [0, 0.1) is 0 Å². The third kappa shape index (κ3) is 6.06. The summed E-state index contributed by atoms with van der Waals surface area (Å²) < 4.78 is 28.5. The van der Waals surface area contributed by atoms with Crippen molar-refractivity contribution in [3.8, 4) is 11.5 Å². The SMILES string of the molecule is CC1(C)OCC(COc2ccc(C(C)(C)c3ccc(C(C)(C)c4ccc(OCC5CO5)cc4)cc3)cc2)O1. The first-order chi connectivity index (χ1) is 18.0. The van der Waals surface area contributed by atoms with Crippen LogP contribution in [0.3, 0.4) is 0 Å². The molecule has 202 valence electrons. The van der Waals surface area contributed by atoms with Crippen LogP contribution in [-0.4, -0.2) is 44.4 Å². The molecule has 2 aliphatic rings. The predicted octanol–water partition coefficient (Wildman–Crippen LogP) is 6.65. The van der Waals surface area contributed by atoms with Crippen LogP contribution in [0.25, 0.3) is 0 Å². The van der Waals surface area contributed by atoms with Crippen molar-refractivity contribution in [3.05, 3.63) is 95.1 Å². The first-order valence-corrected chi connectivity index (χ1v) is 13.5. The molecule has 0 aromatic heterocycles. The summed E-state index contributed by atoms with van der Waals surface area (Å²) in [5, 5.41) is 0. The fraction of sp³-hybridized carbons (Fsp3) is 0.455. The maximum absolute atomic E-state index is 5.97. The lowest BCUT2D eigenvalue weighted by Gasteiger charge is -2.29. The van der Waals surface area contributed by atoms with E-state index in [0.29, 0.717) is 19.8 Å². The van der Waals surface area contributed by atoms with E-state index in [1.165, 1.54) is 22.3 Å². The maximum Gasteiger partial charge on any atom is 0.163 e. The van der Waals surface area contributed by atoms with Crippen LogP contribution in [0.1, 0.15) is 63.8 Å². The summed E-state index contributed by atoms with van der Waals surface area (Å²) >= 11 is 0. The number of epoxide rings is 1. The lowest BCUT2D eigenvalue weighted by molar-refractivity contribution is -0.141. The van der Waals surface area contributed by atoms with E-state index in [1.54, 1.807) is 0 Å². The molecule has 0 amide bonds. The van der Waals surface area contributed by atoms with Gasteiger partial charge in [-0.1, -0.05) is 76.2 Å². The average Bonchev–Trinajstić information content (AvgIpc) is 3.68. The highest BCUT2D eigenvalue weighted by molar-refractivity contribution is 5.45. The van der Waals surface area contributed by atoms with Gasteiger partial charge in [0, 0.05) is 10.8 Å².